The number of nitrogens with zero attached hydrogens (tertiary/aromatic N) is 1. The van der Waals surface area contributed by atoms with Crippen LogP contribution in [0.15, 0.2) is 66.9 Å². The van der Waals surface area contributed by atoms with Crippen molar-refractivity contribution in [1.82, 2.24) is 4.98 Å². The van der Waals surface area contributed by atoms with Gasteiger partial charge in [-0.3, -0.25) is 4.79 Å². The van der Waals surface area contributed by atoms with Gasteiger partial charge in [0, 0.05) is 24.4 Å². The van der Waals surface area contributed by atoms with Crippen LogP contribution in [-0.2, 0) is 6.61 Å². The molecule has 2 aromatic carbocycles. The van der Waals surface area contributed by atoms with Crippen LogP contribution in [0.1, 0.15) is 27.0 Å². The van der Waals surface area contributed by atoms with Crippen molar-refractivity contribution in [2.24, 2.45) is 0 Å². The third-order valence-electron chi connectivity index (χ3n) is 4.06. The second-order valence-corrected chi connectivity index (χ2v) is 5.68. The van der Waals surface area contributed by atoms with E-state index in [0.717, 1.165) is 11.1 Å². The molecule has 0 amide bonds. The van der Waals surface area contributed by atoms with Crippen molar-refractivity contribution in [2.75, 3.05) is 12.4 Å². The van der Waals surface area contributed by atoms with Crippen molar-refractivity contribution in [2.45, 2.75) is 13.5 Å². The molecule has 1 aromatic heterocycles. The van der Waals surface area contributed by atoms with Gasteiger partial charge in [-0.15, -0.1) is 0 Å². The van der Waals surface area contributed by atoms with Crippen LogP contribution in [-0.4, -0.2) is 17.8 Å². The summed E-state index contributed by atoms with van der Waals surface area (Å²) in [5.41, 5.74) is 3.08. The molecule has 126 valence electrons. The summed E-state index contributed by atoms with van der Waals surface area (Å²) in [6, 6.07) is 19.0. The molecule has 0 bridgehead atoms. The van der Waals surface area contributed by atoms with Gasteiger partial charge in [-0.05, 0) is 30.7 Å². The van der Waals surface area contributed by atoms with Crippen LogP contribution in [0.2, 0.25) is 0 Å². The lowest BCUT2D eigenvalue weighted by atomic mass is 9.99. The molecule has 0 spiro atoms. The summed E-state index contributed by atoms with van der Waals surface area (Å²) < 4.78 is 5.92. The van der Waals surface area contributed by atoms with Crippen LogP contribution in [0.3, 0.4) is 0 Å². The number of ketones is 1. The second kappa shape index (κ2) is 7.62. The van der Waals surface area contributed by atoms with Crippen LogP contribution >= 0.6 is 0 Å². The summed E-state index contributed by atoms with van der Waals surface area (Å²) in [7, 11) is 1.76. The first-order valence-electron chi connectivity index (χ1n) is 8.14. The highest BCUT2D eigenvalue weighted by molar-refractivity contribution is 6.12. The molecule has 0 fully saturated rings. The molecule has 3 rings (SSSR count). The van der Waals surface area contributed by atoms with E-state index in [-0.39, 0.29) is 5.78 Å². The van der Waals surface area contributed by atoms with Gasteiger partial charge in [-0.2, -0.15) is 0 Å². The minimum absolute atomic E-state index is 0.0693. The molecule has 1 heterocycles. The summed E-state index contributed by atoms with van der Waals surface area (Å²) in [6.45, 7) is 2.37. The normalized spacial score (nSPS) is 10.3. The molecule has 4 heteroatoms. The molecule has 4 nitrogen and oxygen atoms in total. The van der Waals surface area contributed by atoms with Gasteiger partial charge in [0.25, 0.3) is 0 Å². The summed E-state index contributed by atoms with van der Waals surface area (Å²) >= 11 is 0. The van der Waals surface area contributed by atoms with E-state index in [4.69, 9.17) is 4.74 Å². The SMILES string of the molecule is CNc1ncccc1C(=O)c1cccc(OCc2ccccc2)c1C. The molecule has 0 saturated heterocycles. The number of hydrogen-bond donors (Lipinski definition) is 1. The molecule has 0 aliphatic heterocycles. The maximum absolute atomic E-state index is 12.9. The zero-order valence-corrected chi connectivity index (χ0v) is 14.3. The summed E-state index contributed by atoms with van der Waals surface area (Å²) in [5, 5.41) is 2.96. The van der Waals surface area contributed by atoms with Gasteiger partial charge in [0.1, 0.15) is 18.2 Å². The Bertz CT molecular complexity index is 876. The topological polar surface area (TPSA) is 51.2 Å². The number of carbonyl (C=O) groups excluding carboxylic acids is 1. The zero-order chi connectivity index (χ0) is 17.6. The monoisotopic (exact) mass is 332 g/mol. The second-order valence-electron chi connectivity index (χ2n) is 5.68. The number of carbonyl (C=O) groups is 1. The number of aromatic nitrogens is 1. The molecule has 0 aliphatic rings. The van der Waals surface area contributed by atoms with E-state index in [9.17, 15) is 4.79 Å². The fraction of sp³-hybridized carbons (Fsp3) is 0.143. The highest BCUT2D eigenvalue weighted by atomic mass is 16.5. The van der Waals surface area contributed by atoms with Crippen molar-refractivity contribution in [1.29, 1.82) is 0 Å². The Kier molecular flexibility index (Phi) is 5.09. The zero-order valence-electron chi connectivity index (χ0n) is 14.3. The van der Waals surface area contributed by atoms with Crippen LogP contribution < -0.4 is 10.1 Å². The van der Waals surface area contributed by atoms with Crippen LogP contribution in [0.5, 0.6) is 5.75 Å². The Balaban J connectivity index is 1.87. The predicted molar refractivity (Wildman–Crippen MR) is 99.2 cm³/mol. The summed E-state index contributed by atoms with van der Waals surface area (Å²) in [6.07, 6.45) is 1.66. The Morgan fingerprint density at radius 2 is 1.76 bits per heavy atom. The molecule has 1 N–H and O–H groups in total. The van der Waals surface area contributed by atoms with Crippen molar-refractivity contribution in [3.63, 3.8) is 0 Å². The smallest absolute Gasteiger partial charge is 0.197 e. The number of pyridine rings is 1. The molecule has 0 radical (unpaired) electrons. The fourth-order valence-electron chi connectivity index (χ4n) is 2.68. The van der Waals surface area contributed by atoms with Crippen molar-refractivity contribution >= 4 is 11.6 Å². The first-order chi connectivity index (χ1) is 12.2. The van der Waals surface area contributed by atoms with Crippen LogP contribution in [0, 0.1) is 6.92 Å². The average molecular weight is 332 g/mol. The van der Waals surface area contributed by atoms with Crippen LogP contribution in [0.4, 0.5) is 5.82 Å². The molecular weight excluding hydrogens is 312 g/mol. The molecule has 0 saturated carbocycles. The van der Waals surface area contributed by atoms with Gasteiger partial charge in [0.2, 0.25) is 0 Å². The quantitative estimate of drug-likeness (QED) is 0.686. The number of rotatable bonds is 6. The van der Waals surface area contributed by atoms with E-state index in [1.54, 1.807) is 25.4 Å². The third-order valence-corrected chi connectivity index (χ3v) is 4.06. The average Bonchev–Trinajstić information content (AvgIpc) is 2.67. The maximum Gasteiger partial charge on any atom is 0.197 e. The lowest BCUT2D eigenvalue weighted by molar-refractivity contribution is 0.103. The van der Waals surface area contributed by atoms with Crippen molar-refractivity contribution < 1.29 is 9.53 Å². The van der Waals surface area contributed by atoms with Gasteiger partial charge in [-0.25, -0.2) is 4.98 Å². The van der Waals surface area contributed by atoms with E-state index in [1.807, 2.05) is 55.5 Å². The van der Waals surface area contributed by atoms with Gasteiger partial charge < -0.3 is 10.1 Å². The number of hydrogen-bond acceptors (Lipinski definition) is 4. The molecule has 0 aliphatic carbocycles. The highest BCUT2D eigenvalue weighted by Gasteiger charge is 2.17. The van der Waals surface area contributed by atoms with Crippen molar-refractivity contribution in [3.05, 3.63) is 89.1 Å². The first-order valence-corrected chi connectivity index (χ1v) is 8.14. The van der Waals surface area contributed by atoms with Gasteiger partial charge in [-0.1, -0.05) is 42.5 Å². The summed E-state index contributed by atoms with van der Waals surface area (Å²) in [4.78, 5) is 17.1. The van der Waals surface area contributed by atoms with Gasteiger partial charge in [0.15, 0.2) is 5.78 Å². The lowest BCUT2D eigenvalue weighted by Crippen LogP contribution is -2.09. The van der Waals surface area contributed by atoms with E-state index < -0.39 is 0 Å². The number of ether oxygens (including phenoxy) is 1. The minimum Gasteiger partial charge on any atom is -0.489 e. The maximum atomic E-state index is 12.9. The fourth-order valence-corrected chi connectivity index (χ4v) is 2.68. The Morgan fingerprint density at radius 3 is 2.52 bits per heavy atom. The Morgan fingerprint density at radius 1 is 1.00 bits per heavy atom. The van der Waals surface area contributed by atoms with E-state index in [0.29, 0.717) is 29.3 Å². The van der Waals surface area contributed by atoms with E-state index in [1.165, 1.54) is 0 Å². The Hall–Kier alpha value is -3.14. The minimum atomic E-state index is -0.0693. The largest absolute Gasteiger partial charge is 0.489 e. The predicted octanol–water partition coefficient (Wildman–Crippen LogP) is 4.24. The van der Waals surface area contributed by atoms with E-state index >= 15 is 0 Å². The number of benzene rings is 2. The molecule has 0 unspecified atom stereocenters. The van der Waals surface area contributed by atoms with Crippen molar-refractivity contribution in [3.8, 4) is 5.75 Å². The molecule has 0 atom stereocenters. The standard InChI is InChI=1S/C21H20N2O2/c1-15-17(20(24)18-11-7-13-23-21(18)22-2)10-6-12-19(15)25-14-16-8-4-3-5-9-16/h3-13H,14H2,1-2H3,(H,22,23). The van der Waals surface area contributed by atoms with Gasteiger partial charge >= 0.3 is 0 Å². The molecular formula is C21H20N2O2. The van der Waals surface area contributed by atoms with Gasteiger partial charge in [0.05, 0.1) is 5.56 Å². The summed E-state index contributed by atoms with van der Waals surface area (Å²) in [5.74, 6) is 1.22. The first kappa shape index (κ1) is 16.7. The number of nitrogens with one attached hydrogen (secondary N) is 1. The van der Waals surface area contributed by atoms with E-state index in [2.05, 4.69) is 10.3 Å². The molecule has 25 heavy (non-hydrogen) atoms. The van der Waals surface area contributed by atoms with Crippen LogP contribution in [0.25, 0.3) is 0 Å². The molecule has 3 aromatic rings. The lowest BCUT2D eigenvalue weighted by Gasteiger charge is -2.13. The Labute approximate surface area is 147 Å². The third kappa shape index (κ3) is 3.69. The number of anilines is 1. The highest BCUT2D eigenvalue weighted by Crippen LogP contribution is 2.26.